The smallest absolute Gasteiger partial charge is 0.158 e. The highest BCUT2D eigenvalue weighted by Crippen LogP contribution is 2.24. The van der Waals surface area contributed by atoms with E-state index in [1.807, 2.05) is 42.8 Å². The van der Waals surface area contributed by atoms with Crippen molar-refractivity contribution in [3.63, 3.8) is 0 Å². The van der Waals surface area contributed by atoms with Crippen LogP contribution >= 0.6 is 0 Å². The van der Waals surface area contributed by atoms with E-state index in [2.05, 4.69) is 0 Å². The highest BCUT2D eigenvalue weighted by atomic mass is 32.2. The van der Waals surface area contributed by atoms with Gasteiger partial charge in [-0.1, -0.05) is 12.1 Å². The van der Waals surface area contributed by atoms with Crippen LogP contribution < -0.4 is 0 Å². The molecule has 0 spiro atoms. The molecule has 0 N–H and O–H groups in total. The van der Waals surface area contributed by atoms with Crippen LogP contribution in [0.25, 0.3) is 10.9 Å². The van der Waals surface area contributed by atoms with E-state index in [4.69, 9.17) is 0 Å². The lowest BCUT2D eigenvalue weighted by Gasteiger charge is -2.08. The second-order valence-electron chi connectivity index (χ2n) is 5.06. The van der Waals surface area contributed by atoms with Gasteiger partial charge in [-0.25, -0.2) is 8.42 Å². The molecular formula is C14H19NO2S. The first-order chi connectivity index (χ1) is 8.33. The number of aromatic nitrogens is 1. The summed E-state index contributed by atoms with van der Waals surface area (Å²) in [5.41, 5.74) is 3.12. The summed E-state index contributed by atoms with van der Waals surface area (Å²) in [7, 11) is -1.13. The first-order valence-corrected chi connectivity index (χ1v) is 7.80. The quantitative estimate of drug-likeness (QED) is 0.856. The van der Waals surface area contributed by atoms with Gasteiger partial charge in [-0.15, -0.1) is 0 Å². The van der Waals surface area contributed by atoms with Crippen LogP contribution in [0.1, 0.15) is 25.1 Å². The van der Waals surface area contributed by atoms with Crippen molar-refractivity contribution in [3.05, 3.63) is 35.5 Å². The van der Waals surface area contributed by atoms with Crippen LogP contribution in [0, 0.1) is 6.92 Å². The van der Waals surface area contributed by atoms with Gasteiger partial charge >= 0.3 is 0 Å². The molecular weight excluding hydrogens is 246 g/mol. The lowest BCUT2D eigenvalue weighted by atomic mass is 10.1. The van der Waals surface area contributed by atoms with Crippen LogP contribution in [0.3, 0.4) is 0 Å². The molecule has 0 bridgehead atoms. The zero-order valence-corrected chi connectivity index (χ0v) is 12.1. The molecule has 0 radical (unpaired) electrons. The predicted molar refractivity (Wildman–Crippen MR) is 75.4 cm³/mol. The minimum absolute atomic E-state index is 0.106. The normalized spacial score (nSPS) is 12.5. The Bertz CT molecular complexity index is 681. The molecule has 0 atom stereocenters. The van der Waals surface area contributed by atoms with Crippen molar-refractivity contribution >= 4 is 20.7 Å². The van der Waals surface area contributed by atoms with Crippen molar-refractivity contribution in [1.29, 1.82) is 0 Å². The standard InChI is InChI=1S/C14H19NO2S/c1-10(2)18(16,17)9-12-8-13-11(3)6-5-7-14(13)15(12)4/h5-8,10H,9H2,1-4H3. The molecule has 1 aromatic carbocycles. The van der Waals surface area contributed by atoms with Crippen molar-refractivity contribution in [2.24, 2.45) is 7.05 Å². The maximum absolute atomic E-state index is 12.0. The Hall–Kier alpha value is -1.29. The van der Waals surface area contributed by atoms with Gasteiger partial charge in [0, 0.05) is 23.6 Å². The topological polar surface area (TPSA) is 39.1 Å². The summed E-state index contributed by atoms with van der Waals surface area (Å²) in [6.45, 7) is 5.50. The van der Waals surface area contributed by atoms with E-state index in [0.717, 1.165) is 16.6 Å². The Kier molecular flexibility index (Phi) is 3.23. The fraction of sp³-hybridized carbons (Fsp3) is 0.429. The molecule has 0 unspecified atom stereocenters. The van der Waals surface area contributed by atoms with Gasteiger partial charge in [0.05, 0.1) is 11.0 Å². The van der Waals surface area contributed by atoms with E-state index in [1.165, 1.54) is 5.56 Å². The number of hydrogen-bond donors (Lipinski definition) is 0. The van der Waals surface area contributed by atoms with Gasteiger partial charge in [-0.3, -0.25) is 0 Å². The molecule has 0 aliphatic heterocycles. The Balaban J connectivity index is 2.54. The molecule has 0 saturated carbocycles. The summed E-state index contributed by atoms with van der Waals surface area (Å²) < 4.78 is 26.0. The first-order valence-electron chi connectivity index (χ1n) is 6.08. The zero-order valence-electron chi connectivity index (χ0n) is 11.3. The molecule has 1 heterocycles. The number of hydrogen-bond acceptors (Lipinski definition) is 2. The molecule has 1 aromatic heterocycles. The number of rotatable bonds is 3. The molecule has 18 heavy (non-hydrogen) atoms. The van der Waals surface area contributed by atoms with Crippen LogP contribution in [0.15, 0.2) is 24.3 Å². The largest absolute Gasteiger partial charge is 0.347 e. The fourth-order valence-corrected chi connectivity index (χ4v) is 3.10. The lowest BCUT2D eigenvalue weighted by Crippen LogP contribution is -2.17. The third-order valence-corrected chi connectivity index (χ3v) is 5.61. The van der Waals surface area contributed by atoms with Crippen LogP contribution in [0.5, 0.6) is 0 Å². The van der Waals surface area contributed by atoms with Crippen molar-refractivity contribution in [2.45, 2.75) is 31.8 Å². The third kappa shape index (κ3) is 2.17. The number of aryl methyl sites for hydroxylation is 2. The van der Waals surface area contributed by atoms with E-state index in [9.17, 15) is 8.42 Å². The van der Waals surface area contributed by atoms with Gasteiger partial charge < -0.3 is 4.57 Å². The van der Waals surface area contributed by atoms with Gasteiger partial charge in [0.1, 0.15) is 0 Å². The molecule has 4 heteroatoms. The molecule has 0 aliphatic rings. The van der Waals surface area contributed by atoms with Gasteiger partial charge in [0.2, 0.25) is 0 Å². The molecule has 0 aliphatic carbocycles. The van der Waals surface area contributed by atoms with E-state index in [0.29, 0.717) is 0 Å². The van der Waals surface area contributed by atoms with Crippen molar-refractivity contribution in [3.8, 4) is 0 Å². The number of fused-ring (bicyclic) bond motifs is 1. The number of nitrogens with zero attached hydrogens (tertiary/aromatic N) is 1. The van der Waals surface area contributed by atoms with Crippen molar-refractivity contribution < 1.29 is 8.42 Å². The maximum Gasteiger partial charge on any atom is 0.158 e. The molecule has 2 aromatic rings. The van der Waals surface area contributed by atoms with Crippen molar-refractivity contribution in [1.82, 2.24) is 4.57 Å². The van der Waals surface area contributed by atoms with E-state index in [-0.39, 0.29) is 11.0 Å². The van der Waals surface area contributed by atoms with Crippen LogP contribution in [0.4, 0.5) is 0 Å². The van der Waals surface area contributed by atoms with Crippen LogP contribution in [-0.2, 0) is 22.6 Å². The minimum atomic E-state index is -3.06. The average Bonchev–Trinajstić information content (AvgIpc) is 2.58. The SMILES string of the molecule is Cc1cccc2c1cc(CS(=O)(=O)C(C)C)n2C. The highest BCUT2D eigenvalue weighted by molar-refractivity contribution is 7.91. The predicted octanol–water partition coefficient (Wildman–Crippen LogP) is 2.81. The first kappa shape index (κ1) is 13.1. The minimum Gasteiger partial charge on any atom is -0.347 e. The summed E-state index contributed by atoms with van der Waals surface area (Å²) in [6.07, 6.45) is 0. The van der Waals surface area contributed by atoms with Gasteiger partial charge in [0.25, 0.3) is 0 Å². The Labute approximate surface area is 108 Å². The maximum atomic E-state index is 12.0. The molecule has 0 amide bonds. The Morgan fingerprint density at radius 2 is 1.94 bits per heavy atom. The summed E-state index contributed by atoms with van der Waals surface area (Å²) in [5, 5.41) is 0.797. The molecule has 98 valence electrons. The van der Waals surface area contributed by atoms with Crippen molar-refractivity contribution in [2.75, 3.05) is 0 Å². The van der Waals surface area contributed by atoms with Gasteiger partial charge in [-0.2, -0.15) is 0 Å². The second-order valence-corrected chi connectivity index (χ2v) is 7.62. The highest BCUT2D eigenvalue weighted by Gasteiger charge is 2.19. The molecule has 0 fully saturated rings. The number of benzene rings is 1. The zero-order chi connectivity index (χ0) is 13.5. The lowest BCUT2D eigenvalue weighted by molar-refractivity contribution is 0.585. The monoisotopic (exact) mass is 265 g/mol. The fourth-order valence-electron chi connectivity index (χ4n) is 2.07. The summed E-state index contributed by atoms with van der Waals surface area (Å²) >= 11 is 0. The average molecular weight is 265 g/mol. The summed E-state index contributed by atoms with van der Waals surface area (Å²) in [6, 6.07) is 8.06. The van der Waals surface area contributed by atoms with E-state index >= 15 is 0 Å². The van der Waals surface area contributed by atoms with Gasteiger partial charge in [-0.05, 0) is 38.5 Å². The Morgan fingerprint density at radius 3 is 2.50 bits per heavy atom. The number of sulfone groups is 1. The second kappa shape index (κ2) is 4.43. The Morgan fingerprint density at radius 1 is 1.28 bits per heavy atom. The summed E-state index contributed by atoms with van der Waals surface area (Å²) in [5.74, 6) is 0.106. The van der Waals surface area contributed by atoms with E-state index in [1.54, 1.807) is 13.8 Å². The molecule has 3 nitrogen and oxygen atoms in total. The van der Waals surface area contributed by atoms with Crippen LogP contribution in [0.2, 0.25) is 0 Å². The summed E-state index contributed by atoms with van der Waals surface area (Å²) in [4.78, 5) is 0. The van der Waals surface area contributed by atoms with Gasteiger partial charge in [0.15, 0.2) is 9.84 Å². The molecule has 0 saturated heterocycles. The van der Waals surface area contributed by atoms with Crippen LogP contribution in [-0.4, -0.2) is 18.2 Å². The van der Waals surface area contributed by atoms with E-state index < -0.39 is 9.84 Å². The molecule has 2 rings (SSSR count). The third-order valence-electron chi connectivity index (χ3n) is 3.47.